The van der Waals surface area contributed by atoms with Crippen molar-refractivity contribution in [2.24, 2.45) is 0 Å². The number of aryl methyl sites for hydroxylation is 1. The van der Waals surface area contributed by atoms with Crippen molar-refractivity contribution < 1.29 is 9.21 Å². The third kappa shape index (κ3) is 2.95. The molecule has 2 heterocycles. The van der Waals surface area contributed by atoms with E-state index in [9.17, 15) is 9.59 Å². The molecule has 6 heteroatoms. The summed E-state index contributed by atoms with van der Waals surface area (Å²) in [5.74, 6) is -0.212. The molecule has 5 rings (SSSR count). The van der Waals surface area contributed by atoms with Crippen LogP contribution in [0.4, 0.5) is 5.69 Å². The molecule has 6 nitrogen and oxygen atoms in total. The second-order valence-electron chi connectivity index (χ2n) is 6.98. The number of fused-ring (bicyclic) bond motifs is 3. The monoisotopic (exact) mass is 395 g/mol. The fourth-order valence-corrected chi connectivity index (χ4v) is 3.60. The van der Waals surface area contributed by atoms with E-state index in [1.165, 1.54) is 0 Å². The van der Waals surface area contributed by atoms with E-state index < -0.39 is 5.63 Å². The van der Waals surface area contributed by atoms with Crippen molar-refractivity contribution in [3.05, 3.63) is 101 Å². The molecule has 30 heavy (non-hydrogen) atoms. The Morgan fingerprint density at radius 2 is 1.67 bits per heavy atom. The van der Waals surface area contributed by atoms with Crippen molar-refractivity contribution in [1.29, 1.82) is 0 Å². The number of carbonyl (C=O) groups is 1. The van der Waals surface area contributed by atoms with Gasteiger partial charge >= 0.3 is 5.63 Å². The lowest BCUT2D eigenvalue weighted by Crippen LogP contribution is -2.11. The number of rotatable bonds is 3. The third-order valence-corrected chi connectivity index (χ3v) is 5.00. The summed E-state index contributed by atoms with van der Waals surface area (Å²) in [6, 6.07) is 23.8. The lowest BCUT2D eigenvalue weighted by molar-refractivity contribution is 0.102. The number of amides is 1. The van der Waals surface area contributed by atoms with Crippen LogP contribution < -0.4 is 10.9 Å². The van der Waals surface area contributed by atoms with Crippen LogP contribution in [0.1, 0.15) is 16.1 Å². The summed E-state index contributed by atoms with van der Waals surface area (Å²) < 4.78 is 7.27. The topological polar surface area (TPSA) is 77.1 Å². The SMILES string of the molecule is Cc1nn(-c2ccccc2)c2c1c(=O)oc1ccc(NC(=O)c3ccccc3)cc12. The predicted octanol–water partition coefficient (Wildman–Crippen LogP) is 4.69. The molecule has 3 aromatic carbocycles. The number of nitrogens with one attached hydrogen (secondary N) is 1. The smallest absolute Gasteiger partial charge is 0.347 e. The third-order valence-electron chi connectivity index (χ3n) is 5.00. The van der Waals surface area contributed by atoms with Gasteiger partial charge in [-0.15, -0.1) is 0 Å². The molecule has 0 bridgehead atoms. The van der Waals surface area contributed by atoms with Crippen LogP contribution in [0.15, 0.2) is 88.1 Å². The van der Waals surface area contributed by atoms with Gasteiger partial charge in [-0.25, -0.2) is 9.48 Å². The lowest BCUT2D eigenvalue weighted by atomic mass is 10.1. The van der Waals surface area contributed by atoms with Crippen LogP contribution >= 0.6 is 0 Å². The minimum Gasteiger partial charge on any atom is -0.422 e. The average Bonchev–Trinajstić information content (AvgIpc) is 3.13. The van der Waals surface area contributed by atoms with Crippen LogP contribution in [0.25, 0.3) is 27.6 Å². The Hall–Kier alpha value is -4.19. The molecule has 0 aliphatic rings. The van der Waals surface area contributed by atoms with Crippen molar-refractivity contribution in [1.82, 2.24) is 9.78 Å². The summed E-state index contributed by atoms with van der Waals surface area (Å²) in [4.78, 5) is 25.2. The summed E-state index contributed by atoms with van der Waals surface area (Å²) >= 11 is 0. The van der Waals surface area contributed by atoms with Crippen molar-refractivity contribution in [3.63, 3.8) is 0 Å². The predicted molar refractivity (Wildman–Crippen MR) is 116 cm³/mol. The minimum absolute atomic E-state index is 0.212. The van der Waals surface area contributed by atoms with Crippen LogP contribution in [-0.4, -0.2) is 15.7 Å². The number of hydrogen-bond donors (Lipinski definition) is 1. The molecule has 0 unspecified atom stereocenters. The fourth-order valence-electron chi connectivity index (χ4n) is 3.60. The highest BCUT2D eigenvalue weighted by atomic mass is 16.4. The molecule has 0 atom stereocenters. The van der Waals surface area contributed by atoms with E-state index in [0.717, 1.165) is 5.69 Å². The van der Waals surface area contributed by atoms with Crippen molar-refractivity contribution >= 4 is 33.5 Å². The average molecular weight is 395 g/mol. The summed E-state index contributed by atoms with van der Waals surface area (Å²) in [5, 5.41) is 8.61. The molecule has 0 saturated heterocycles. The largest absolute Gasteiger partial charge is 0.422 e. The van der Waals surface area contributed by atoms with Gasteiger partial charge in [0.25, 0.3) is 5.91 Å². The van der Waals surface area contributed by atoms with E-state index in [1.54, 1.807) is 35.9 Å². The van der Waals surface area contributed by atoms with Gasteiger partial charge in [-0.2, -0.15) is 5.10 Å². The van der Waals surface area contributed by atoms with Gasteiger partial charge in [0.1, 0.15) is 11.0 Å². The molecule has 0 aliphatic carbocycles. The standard InChI is InChI=1S/C24H17N3O3/c1-15-21-22(27(26-15)18-10-6-3-7-11-18)19-14-17(12-13-20(19)30-24(21)29)25-23(28)16-8-4-2-5-9-16/h2-14H,1H3,(H,25,28). The Bertz CT molecular complexity index is 1450. The maximum Gasteiger partial charge on any atom is 0.347 e. The highest BCUT2D eigenvalue weighted by Crippen LogP contribution is 2.29. The van der Waals surface area contributed by atoms with Crippen molar-refractivity contribution in [2.45, 2.75) is 6.92 Å². The number of aromatic nitrogens is 2. The van der Waals surface area contributed by atoms with Gasteiger partial charge in [-0.05, 0) is 49.4 Å². The van der Waals surface area contributed by atoms with E-state index in [2.05, 4.69) is 10.4 Å². The van der Waals surface area contributed by atoms with Gasteiger partial charge in [-0.1, -0.05) is 36.4 Å². The van der Waals surface area contributed by atoms with Crippen LogP contribution in [0.2, 0.25) is 0 Å². The van der Waals surface area contributed by atoms with E-state index in [4.69, 9.17) is 4.42 Å². The number of nitrogens with zero attached hydrogens (tertiary/aromatic N) is 2. The number of benzene rings is 3. The van der Waals surface area contributed by atoms with E-state index in [1.807, 2.05) is 54.6 Å². The number of hydrogen-bond acceptors (Lipinski definition) is 4. The molecular formula is C24H17N3O3. The van der Waals surface area contributed by atoms with Crippen LogP contribution in [0, 0.1) is 6.92 Å². The number of carbonyl (C=O) groups excluding carboxylic acids is 1. The van der Waals surface area contributed by atoms with Gasteiger partial charge in [0.05, 0.1) is 16.9 Å². The Balaban J connectivity index is 1.71. The highest BCUT2D eigenvalue weighted by Gasteiger charge is 2.18. The summed E-state index contributed by atoms with van der Waals surface area (Å²) in [6.45, 7) is 1.78. The first-order valence-electron chi connectivity index (χ1n) is 9.50. The zero-order valence-corrected chi connectivity index (χ0v) is 16.1. The molecule has 2 aromatic heterocycles. The summed E-state index contributed by atoms with van der Waals surface area (Å²) in [7, 11) is 0. The normalized spacial score (nSPS) is 11.1. The molecule has 0 aliphatic heterocycles. The maximum absolute atomic E-state index is 12.6. The molecule has 5 aromatic rings. The molecule has 0 fully saturated rings. The number of para-hydroxylation sites is 1. The molecular weight excluding hydrogens is 378 g/mol. The van der Waals surface area contributed by atoms with Gasteiger partial charge in [0.2, 0.25) is 0 Å². The van der Waals surface area contributed by atoms with Gasteiger partial charge < -0.3 is 9.73 Å². The molecule has 0 spiro atoms. The van der Waals surface area contributed by atoms with Gasteiger partial charge in [0.15, 0.2) is 0 Å². The van der Waals surface area contributed by atoms with E-state index >= 15 is 0 Å². The molecule has 146 valence electrons. The van der Waals surface area contributed by atoms with E-state index in [-0.39, 0.29) is 5.91 Å². The van der Waals surface area contributed by atoms with Crippen molar-refractivity contribution in [3.8, 4) is 5.69 Å². The summed E-state index contributed by atoms with van der Waals surface area (Å²) in [6.07, 6.45) is 0. The van der Waals surface area contributed by atoms with Crippen LogP contribution in [-0.2, 0) is 0 Å². The van der Waals surface area contributed by atoms with Gasteiger partial charge in [0, 0.05) is 16.6 Å². The quantitative estimate of drug-likeness (QED) is 0.450. The molecule has 1 amide bonds. The second-order valence-corrected chi connectivity index (χ2v) is 6.98. The summed E-state index contributed by atoms with van der Waals surface area (Å²) in [5.41, 5.74) is 3.24. The highest BCUT2D eigenvalue weighted by molar-refractivity contribution is 6.08. The maximum atomic E-state index is 12.6. The van der Waals surface area contributed by atoms with Gasteiger partial charge in [-0.3, -0.25) is 4.79 Å². The Morgan fingerprint density at radius 3 is 2.40 bits per heavy atom. The Labute approximate surface area is 171 Å². The first-order valence-corrected chi connectivity index (χ1v) is 9.50. The molecule has 0 saturated carbocycles. The van der Waals surface area contributed by atoms with Crippen LogP contribution in [0.5, 0.6) is 0 Å². The Kier molecular flexibility index (Phi) is 4.17. The lowest BCUT2D eigenvalue weighted by Gasteiger charge is -2.09. The first-order chi connectivity index (χ1) is 14.6. The van der Waals surface area contributed by atoms with E-state index in [0.29, 0.717) is 38.8 Å². The zero-order valence-electron chi connectivity index (χ0n) is 16.1. The van der Waals surface area contributed by atoms with Crippen molar-refractivity contribution in [2.75, 3.05) is 5.32 Å². The number of anilines is 1. The Morgan fingerprint density at radius 1 is 0.967 bits per heavy atom. The molecule has 1 N–H and O–H groups in total. The first kappa shape index (κ1) is 17.9. The fraction of sp³-hybridized carbons (Fsp3) is 0.0417. The minimum atomic E-state index is -0.432. The zero-order chi connectivity index (χ0) is 20.7. The van der Waals surface area contributed by atoms with Crippen LogP contribution in [0.3, 0.4) is 0 Å². The molecule has 0 radical (unpaired) electrons. The second kappa shape index (κ2) is 7.00.